The standard InChI is InChI=1S/C38H66NO34P/c1-8(43)39-15-21(49)30(11(4-42)65-33(15)58)71-37-29(57)31(72-35-27(55)23(51)18(46)12(68-35)5-62-34-26(54)22(50)16(44)9(2-40)66-34)20(48)13(69-37)6-63-38-32(25(53)17(45)10(3-41)67-38)73-36-28(56)24(52)19(47)14(70-36)7-64-74(59,60)61/h9-38,40-42,44-58H,2-7H2,1H3,(H,39,43)(H2,59,60,61)/t9-,10-,11-,12-,13-,14-,15-,16+,17-,18+,19-,20-,21-,22+,23+,24+,25+,26-,27-,28+,29+,30-,31+,32+,33?,34+,35-,36-,37-,38+/m1/s1. The van der Waals surface area contributed by atoms with Crippen LogP contribution in [-0.4, -0.2) is 331 Å². The summed E-state index contributed by atoms with van der Waals surface area (Å²) in [5.41, 5.74) is 0. The van der Waals surface area contributed by atoms with Crippen LogP contribution in [0.2, 0.25) is 0 Å². The van der Waals surface area contributed by atoms with Gasteiger partial charge in [0.15, 0.2) is 37.7 Å². The summed E-state index contributed by atoms with van der Waals surface area (Å²) in [7, 11) is -5.21. The Kier molecular flexibility index (Phi) is 21.8. The number of aliphatic hydroxyl groups is 18. The number of ether oxygens (including phenoxy) is 11. The average molecular weight is 1110 g/mol. The normalized spacial score (nSPS) is 49.6. The number of hydrogen-bond acceptors (Lipinski definition) is 32. The minimum Gasteiger partial charge on any atom is -0.394 e. The Labute approximate surface area is 417 Å². The molecule has 6 fully saturated rings. The summed E-state index contributed by atoms with van der Waals surface area (Å²) in [4.78, 5) is 30.3. The van der Waals surface area contributed by atoms with Gasteiger partial charge in [0.25, 0.3) is 0 Å². The van der Waals surface area contributed by atoms with E-state index in [1.165, 1.54) is 0 Å². The van der Waals surface area contributed by atoms with Crippen molar-refractivity contribution in [3.63, 3.8) is 0 Å². The summed E-state index contributed by atoms with van der Waals surface area (Å²) in [6.07, 6.45) is -57.9. The highest BCUT2D eigenvalue weighted by molar-refractivity contribution is 7.46. The van der Waals surface area contributed by atoms with Crippen LogP contribution >= 0.6 is 7.82 Å². The third-order valence-corrected chi connectivity index (χ3v) is 13.5. The molecule has 0 bridgehead atoms. The highest BCUT2D eigenvalue weighted by Gasteiger charge is 2.56. The van der Waals surface area contributed by atoms with Crippen LogP contribution in [-0.2, 0) is 66.0 Å². The number of hydrogen-bond donors (Lipinski definition) is 21. The van der Waals surface area contributed by atoms with Gasteiger partial charge in [-0.25, -0.2) is 4.57 Å². The number of phosphoric ester groups is 1. The number of carbonyl (C=O) groups excluding carboxylic acids is 1. The van der Waals surface area contributed by atoms with Gasteiger partial charge < -0.3 is 159 Å². The number of rotatable bonds is 19. The summed E-state index contributed by atoms with van der Waals surface area (Å²) < 4.78 is 77.4. The van der Waals surface area contributed by atoms with Gasteiger partial charge in [0.05, 0.1) is 39.6 Å². The topological polar surface area (TPSA) is 562 Å². The predicted octanol–water partition coefficient (Wildman–Crippen LogP) is -13.8. The molecule has 30 atom stereocenters. The number of aliphatic hydroxyl groups excluding tert-OH is 18. The Morgan fingerprint density at radius 3 is 1.31 bits per heavy atom. The fraction of sp³-hybridized carbons (Fsp3) is 0.974. The van der Waals surface area contributed by atoms with Crippen LogP contribution in [0.5, 0.6) is 0 Å². The van der Waals surface area contributed by atoms with E-state index in [0.717, 1.165) is 6.92 Å². The maximum atomic E-state index is 12.0. The van der Waals surface area contributed by atoms with Gasteiger partial charge in [-0.2, -0.15) is 0 Å². The first-order chi connectivity index (χ1) is 34.7. The number of nitrogens with one attached hydrogen (secondary N) is 1. The largest absolute Gasteiger partial charge is 0.469 e. The first kappa shape index (κ1) is 61.6. The molecule has 0 aliphatic carbocycles. The van der Waals surface area contributed by atoms with E-state index in [4.69, 9.17) is 61.9 Å². The smallest absolute Gasteiger partial charge is 0.394 e. The molecule has 6 aliphatic heterocycles. The van der Waals surface area contributed by atoms with Gasteiger partial charge in [-0.05, 0) is 0 Å². The van der Waals surface area contributed by atoms with Crippen LogP contribution in [0.15, 0.2) is 0 Å². The summed E-state index contributed by atoms with van der Waals surface area (Å²) in [6.45, 7) is -4.83. The SMILES string of the molecule is CC(=O)N[C@H]1C(O)O[C@H](CO)[C@@H](O[C@H]2O[C@H](CO[C@H]3O[C@H](CO)[C@@H](O)[C@H](O)[C@@H]3O[C@H]3O[C@H](COP(=O)(O)O)[C@@H](O)[C@H](O)[C@@H]3O)[C@@H](O)[C@H](O[C@H]3O[C@H](CO[C@H]4O[C@H](CO)[C@H](O)[C@H](O)[C@H]4O)[C@H](O)[C@H](O)[C@H]3O)[C@@H]2O)[C@@H]1O. The Morgan fingerprint density at radius 2 is 0.811 bits per heavy atom. The second-order valence-electron chi connectivity index (χ2n) is 18.2. The van der Waals surface area contributed by atoms with Gasteiger partial charge in [0, 0.05) is 6.92 Å². The first-order valence-electron chi connectivity index (χ1n) is 22.9. The predicted molar refractivity (Wildman–Crippen MR) is 222 cm³/mol. The molecule has 21 N–H and O–H groups in total. The number of carbonyl (C=O) groups is 1. The van der Waals surface area contributed by atoms with Gasteiger partial charge in [-0.3, -0.25) is 9.32 Å². The van der Waals surface area contributed by atoms with E-state index >= 15 is 0 Å². The summed E-state index contributed by atoms with van der Waals surface area (Å²) in [5, 5.41) is 195. The molecule has 74 heavy (non-hydrogen) atoms. The second-order valence-corrected chi connectivity index (χ2v) is 19.4. The van der Waals surface area contributed by atoms with Crippen molar-refractivity contribution in [3.05, 3.63) is 0 Å². The summed E-state index contributed by atoms with van der Waals surface area (Å²) >= 11 is 0. The molecule has 0 aromatic rings. The molecule has 0 aromatic carbocycles. The molecule has 0 aromatic heterocycles. The molecule has 6 saturated heterocycles. The quantitative estimate of drug-likeness (QED) is 0.0534. The lowest BCUT2D eigenvalue weighted by molar-refractivity contribution is -0.387. The number of phosphoric acid groups is 1. The second kappa shape index (κ2) is 26.1. The lowest BCUT2D eigenvalue weighted by Crippen LogP contribution is -2.68. The lowest BCUT2D eigenvalue weighted by atomic mass is 9.95. The molecule has 36 heteroatoms. The molecule has 6 aliphatic rings. The van der Waals surface area contributed by atoms with Gasteiger partial charge in [0.2, 0.25) is 5.91 Å². The molecule has 1 amide bonds. The van der Waals surface area contributed by atoms with E-state index in [0.29, 0.717) is 0 Å². The summed E-state index contributed by atoms with van der Waals surface area (Å²) in [6, 6.07) is -1.65. The zero-order valence-electron chi connectivity index (χ0n) is 38.7. The highest BCUT2D eigenvalue weighted by atomic mass is 31.2. The van der Waals surface area contributed by atoms with E-state index in [9.17, 15) is 101 Å². The first-order valence-corrected chi connectivity index (χ1v) is 24.4. The van der Waals surface area contributed by atoms with Crippen molar-refractivity contribution in [1.82, 2.24) is 5.32 Å². The molecule has 1 unspecified atom stereocenters. The van der Waals surface area contributed by atoms with Crippen LogP contribution in [0.25, 0.3) is 0 Å². The lowest BCUT2D eigenvalue weighted by Gasteiger charge is -2.49. The van der Waals surface area contributed by atoms with E-state index in [1.54, 1.807) is 0 Å². The molecule has 6 rings (SSSR count). The Morgan fingerprint density at radius 1 is 0.419 bits per heavy atom. The van der Waals surface area contributed by atoms with Crippen LogP contribution in [0.1, 0.15) is 6.92 Å². The molecule has 432 valence electrons. The van der Waals surface area contributed by atoms with Crippen molar-refractivity contribution < 1.29 is 168 Å². The van der Waals surface area contributed by atoms with Crippen molar-refractivity contribution in [2.24, 2.45) is 0 Å². The molecule has 0 saturated carbocycles. The van der Waals surface area contributed by atoms with Crippen LogP contribution < -0.4 is 5.32 Å². The van der Waals surface area contributed by atoms with Crippen molar-refractivity contribution in [2.45, 2.75) is 191 Å². The Balaban J connectivity index is 1.26. The third kappa shape index (κ3) is 13.9. The highest BCUT2D eigenvalue weighted by Crippen LogP contribution is 2.38. The maximum absolute atomic E-state index is 12.0. The van der Waals surface area contributed by atoms with E-state index < -0.39 is 238 Å². The average Bonchev–Trinajstić information content (AvgIpc) is 3.35. The third-order valence-electron chi connectivity index (χ3n) is 13.0. The van der Waals surface area contributed by atoms with Crippen molar-refractivity contribution in [3.8, 4) is 0 Å². The fourth-order valence-corrected chi connectivity index (χ4v) is 9.18. The zero-order valence-corrected chi connectivity index (χ0v) is 39.6. The van der Waals surface area contributed by atoms with Crippen LogP contribution in [0.4, 0.5) is 0 Å². The van der Waals surface area contributed by atoms with Crippen molar-refractivity contribution in [2.75, 3.05) is 39.6 Å². The molecule has 6 heterocycles. The fourth-order valence-electron chi connectivity index (χ4n) is 8.84. The van der Waals surface area contributed by atoms with E-state index in [1.807, 2.05) is 0 Å². The Bertz CT molecular complexity index is 1810. The molecular weight excluding hydrogens is 1050 g/mol. The van der Waals surface area contributed by atoms with Gasteiger partial charge in [-0.15, -0.1) is 0 Å². The number of amides is 1. The maximum Gasteiger partial charge on any atom is 0.469 e. The van der Waals surface area contributed by atoms with Crippen LogP contribution in [0.3, 0.4) is 0 Å². The van der Waals surface area contributed by atoms with Crippen LogP contribution in [0, 0.1) is 0 Å². The minimum atomic E-state index is -5.21. The van der Waals surface area contributed by atoms with E-state index in [2.05, 4.69) is 9.84 Å². The van der Waals surface area contributed by atoms with Crippen molar-refractivity contribution in [1.29, 1.82) is 0 Å². The molecular formula is C38H66NO34P. The molecule has 0 radical (unpaired) electrons. The zero-order chi connectivity index (χ0) is 54.8. The van der Waals surface area contributed by atoms with Crippen molar-refractivity contribution >= 4 is 13.7 Å². The molecule has 35 nitrogen and oxygen atoms in total. The monoisotopic (exact) mass is 1110 g/mol. The van der Waals surface area contributed by atoms with Gasteiger partial charge in [-0.1, -0.05) is 0 Å². The van der Waals surface area contributed by atoms with Gasteiger partial charge >= 0.3 is 7.82 Å². The minimum absolute atomic E-state index is 0.781. The summed E-state index contributed by atoms with van der Waals surface area (Å²) in [5.74, 6) is -0.781. The van der Waals surface area contributed by atoms with E-state index in [-0.39, 0.29) is 0 Å². The van der Waals surface area contributed by atoms with Gasteiger partial charge in [0.1, 0.15) is 146 Å². The Hall–Kier alpha value is -1.58. The molecule has 0 spiro atoms.